The van der Waals surface area contributed by atoms with Crippen molar-refractivity contribution in [3.05, 3.63) is 34.6 Å². The Morgan fingerprint density at radius 3 is 2.94 bits per heavy atom. The molecule has 0 fully saturated rings. The fourth-order valence-corrected chi connectivity index (χ4v) is 1.58. The van der Waals surface area contributed by atoms with Crippen LogP contribution in [0.15, 0.2) is 23.4 Å². The van der Waals surface area contributed by atoms with Crippen LogP contribution in [0.4, 0.5) is 0 Å². The minimum Gasteiger partial charge on any atom is -0.328 e. The predicted molar refractivity (Wildman–Crippen MR) is 61.1 cm³/mol. The quantitative estimate of drug-likeness (QED) is 0.842. The second-order valence-corrected chi connectivity index (χ2v) is 3.50. The number of hydrogen-bond donors (Lipinski definition) is 1. The summed E-state index contributed by atoms with van der Waals surface area (Å²) in [6.45, 7) is 4.80. The van der Waals surface area contributed by atoms with Crippen molar-refractivity contribution in [3.8, 4) is 11.5 Å². The van der Waals surface area contributed by atoms with Crippen LogP contribution in [0.2, 0.25) is 0 Å². The average molecular weight is 218 g/mol. The van der Waals surface area contributed by atoms with Gasteiger partial charge in [0.1, 0.15) is 5.69 Å². The third kappa shape index (κ3) is 1.88. The second-order valence-electron chi connectivity index (χ2n) is 3.50. The van der Waals surface area contributed by atoms with Crippen LogP contribution in [-0.4, -0.2) is 19.5 Å². The van der Waals surface area contributed by atoms with E-state index in [0.717, 1.165) is 24.4 Å². The summed E-state index contributed by atoms with van der Waals surface area (Å²) in [5, 5.41) is 0. The number of imidazole rings is 1. The molecule has 0 aromatic carbocycles. The van der Waals surface area contributed by atoms with Gasteiger partial charge < -0.3 is 9.55 Å². The van der Waals surface area contributed by atoms with Gasteiger partial charge in [0.15, 0.2) is 5.82 Å². The normalized spacial score (nSPS) is 10.6. The predicted octanol–water partition coefficient (Wildman–Crippen LogP) is 1.22. The van der Waals surface area contributed by atoms with Crippen LogP contribution in [0.3, 0.4) is 0 Å². The van der Waals surface area contributed by atoms with Gasteiger partial charge in [0.05, 0.1) is 12.5 Å². The summed E-state index contributed by atoms with van der Waals surface area (Å²) in [6.07, 6.45) is 4.19. The number of aryl methyl sites for hydroxylation is 2. The van der Waals surface area contributed by atoms with E-state index in [-0.39, 0.29) is 5.56 Å². The van der Waals surface area contributed by atoms with E-state index in [9.17, 15) is 4.79 Å². The molecule has 2 heterocycles. The van der Waals surface area contributed by atoms with E-state index < -0.39 is 0 Å². The molecular weight excluding hydrogens is 204 g/mol. The molecule has 0 aliphatic carbocycles. The lowest BCUT2D eigenvalue weighted by molar-refractivity contribution is 0.761. The van der Waals surface area contributed by atoms with Gasteiger partial charge in [0, 0.05) is 18.3 Å². The summed E-state index contributed by atoms with van der Waals surface area (Å²) in [5.41, 5.74) is 1.52. The van der Waals surface area contributed by atoms with Gasteiger partial charge in [0.25, 0.3) is 5.56 Å². The van der Waals surface area contributed by atoms with Crippen LogP contribution in [0.5, 0.6) is 0 Å². The lowest BCUT2D eigenvalue weighted by Crippen LogP contribution is -2.11. The molecule has 2 rings (SSSR count). The molecule has 84 valence electrons. The Balaban J connectivity index is 2.55. The maximum Gasteiger partial charge on any atom is 0.251 e. The van der Waals surface area contributed by atoms with Crippen LogP contribution in [-0.2, 0) is 13.0 Å². The van der Waals surface area contributed by atoms with Gasteiger partial charge in [-0.2, -0.15) is 0 Å². The van der Waals surface area contributed by atoms with Crippen LogP contribution in [0.25, 0.3) is 11.5 Å². The largest absolute Gasteiger partial charge is 0.328 e. The van der Waals surface area contributed by atoms with E-state index in [0.29, 0.717) is 5.82 Å². The van der Waals surface area contributed by atoms with Crippen molar-refractivity contribution in [1.82, 2.24) is 19.5 Å². The molecular formula is C11H14N4O. The Bertz CT molecular complexity index is 541. The summed E-state index contributed by atoms with van der Waals surface area (Å²) in [6, 6.07) is 1.52. The van der Waals surface area contributed by atoms with Crippen molar-refractivity contribution in [1.29, 1.82) is 0 Å². The lowest BCUT2D eigenvalue weighted by Gasteiger charge is -2.05. The lowest BCUT2D eigenvalue weighted by atomic mass is 10.3. The Morgan fingerprint density at radius 1 is 1.44 bits per heavy atom. The molecule has 0 aliphatic heterocycles. The number of nitrogens with zero attached hydrogens (tertiary/aromatic N) is 3. The molecule has 0 bridgehead atoms. The molecule has 0 saturated carbocycles. The van der Waals surface area contributed by atoms with Crippen LogP contribution < -0.4 is 5.56 Å². The molecule has 0 saturated heterocycles. The molecule has 0 radical (unpaired) electrons. The zero-order valence-corrected chi connectivity index (χ0v) is 9.40. The standard InChI is InChI=1S/C11H14N4O/c1-3-8-5-10(16)14-11(13-8)9-6-12-7-15(9)4-2/h5-7H,3-4H2,1-2H3,(H,13,14,16). The Morgan fingerprint density at radius 2 is 2.25 bits per heavy atom. The van der Waals surface area contributed by atoms with Gasteiger partial charge in [-0.05, 0) is 13.3 Å². The highest BCUT2D eigenvalue weighted by atomic mass is 16.1. The van der Waals surface area contributed by atoms with Gasteiger partial charge >= 0.3 is 0 Å². The number of aromatic nitrogens is 4. The molecule has 2 aromatic heterocycles. The van der Waals surface area contributed by atoms with Crippen LogP contribution >= 0.6 is 0 Å². The van der Waals surface area contributed by atoms with Crippen molar-refractivity contribution in [3.63, 3.8) is 0 Å². The molecule has 0 unspecified atom stereocenters. The molecule has 0 amide bonds. The van der Waals surface area contributed by atoms with E-state index in [1.165, 1.54) is 6.07 Å². The third-order valence-electron chi connectivity index (χ3n) is 2.45. The first-order valence-corrected chi connectivity index (χ1v) is 5.35. The fraction of sp³-hybridized carbons (Fsp3) is 0.364. The van der Waals surface area contributed by atoms with E-state index in [4.69, 9.17) is 0 Å². The Kier molecular flexibility index (Phi) is 2.85. The number of nitrogens with one attached hydrogen (secondary N) is 1. The van der Waals surface area contributed by atoms with Crippen molar-refractivity contribution in [2.45, 2.75) is 26.8 Å². The summed E-state index contributed by atoms with van der Waals surface area (Å²) in [4.78, 5) is 22.6. The van der Waals surface area contributed by atoms with Crippen LogP contribution in [0, 0.1) is 0 Å². The van der Waals surface area contributed by atoms with Crippen LogP contribution in [0.1, 0.15) is 19.5 Å². The van der Waals surface area contributed by atoms with Gasteiger partial charge in [0.2, 0.25) is 0 Å². The van der Waals surface area contributed by atoms with Crippen molar-refractivity contribution < 1.29 is 0 Å². The van der Waals surface area contributed by atoms with E-state index in [1.54, 1.807) is 12.5 Å². The molecule has 0 spiro atoms. The van der Waals surface area contributed by atoms with Gasteiger partial charge in [-0.25, -0.2) is 9.97 Å². The minimum atomic E-state index is -0.120. The van der Waals surface area contributed by atoms with Gasteiger partial charge in [-0.3, -0.25) is 4.79 Å². The average Bonchev–Trinajstić information content (AvgIpc) is 2.76. The van der Waals surface area contributed by atoms with E-state index in [1.807, 2.05) is 18.4 Å². The molecule has 5 heteroatoms. The first-order chi connectivity index (χ1) is 7.74. The van der Waals surface area contributed by atoms with E-state index in [2.05, 4.69) is 15.0 Å². The molecule has 5 nitrogen and oxygen atoms in total. The Hall–Kier alpha value is -1.91. The number of hydrogen-bond acceptors (Lipinski definition) is 3. The summed E-state index contributed by atoms with van der Waals surface area (Å²) >= 11 is 0. The zero-order chi connectivity index (χ0) is 11.5. The maximum atomic E-state index is 11.4. The maximum absolute atomic E-state index is 11.4. The monoisotopic (exact) mass is 218 g/mol. The second kappa shape index (κ2) is 4.30. The SMILES string of the molecule is CCc1cc(=O)[nH]c(-c2cncn2CC)n1. The van der Waals surface area contributed by atoms with Crippen molar-refractivity contribution in [2.24, 2.45) is 0 Å². The minimum absolute atomic E-state index is 0.120. The third-order valence-corrected chi connectivity index (χ3v) is 2.45. The Labute approximate surface area is 93.2 Å². The summed E-state index contributed by atoms with van der Waals surface area (Å²) in [5.74, 6) is 0.587. The highest BCUT2D eigenvalue weighted by molar-refractivity contribution is 5.48. The first kappa shape index (κ1) is 10.6. The molecule has 1 N–H and O–H groups in total. The summed E-state index contributed by atoms with van der Waals surface area (Å²) in [7, 11) is 0. The smallest absolute Gasteiger partial charge is 0.251 e. The summed E-state index contributed by atoms with van der Waals surface area (Å²) < 4.78 is 1.94. The molecule has 0 atom stereocenters. The van der Waals surface area contributed by atoms with Gasteiger partial charge in [-0.15, -0.1) is 0 Å². The number of aromatic amines is 1. The topological polar surface area (TPSA) is 63.6 Å². The number of rotatable bonds is 3. The molecule has 0 aliphatic rings. The first-order valence-electron chi connectivity index (χ1n) is 5.35. The number of H-pyrrole nitrogens is 1. The zero-order valence-electron chi connectivity index (χ0n) is 9.40. The molecule has 16 heavy (non-hydrogen) atoms. The van der Waals surface area contributed by atoms with E-state index >= 15 is 0 Å². The van der Waals surface area contributed by atoms with Gasteiger partial charge in [-0.1, -0.05) is 6.92 Å². The highest BCUT2D eigenvalue weighted by Crippen LogP contribution is 2.12. The van der Waals surface area contributed by atoms with Crippen molar-refractivity contribution >= 4 is 0 Å². The fourth-order valence-electron chi connectivity index (χ4n) is 1.58. The van der Waals surface area contributed by atoms with Crippen molar-refractivity contribution in [2.75, 3.05) is 0 Å². The molecule has 2 aromatic rings. The highest BCUT2D eigenvalue weighted by Gasteiger charge is 2.07.